The predicted octanol–water partition coefficient (Wildman–Crippen LogP) is 2.17. The first-order chi connectivity index (χ1) is 9.11. The summed E-state index contributed by atoms with van der Waals surface area (Å²) in [7, 11) is 0. The van der Waals surface area contributed by atoms with Gasteiger partial charge >= 0.3 is 0 Å². The summed E-state index contributed by atoms with van der Waals surface area (Å²) in [6.07, 6.45) is 4.60. The second-order valence-corrected chi connectivity index (χ2v) is 6.39. The van der Waals surface area contributed by atoms with Crippen LogP contribution in [0.25, 0.3) is 0 Å². The number of carbonyl (C=O) groups excluding carboxylic acids is 1. The summed E-state index contributed by atoms with van der Waals surface area (Å²) in [4.78, 5) is 16.7. The predicted molar refractivity (Wildman–Crippen MR) is 77.1 cm³/mol. The van der Waals surface area contributed by atoms with Crippen LogP contribution in [0.5, 0.6) is 0 Å². The minimum Gasteiger partial charge on any atom is -0.346 e. The lowest BCUT2D eigenvalue weighted by atomic mass is 9.73. The van der Waals surface area contributed by atoms with Gasteiger partial charge in [-0.1, -0.05) is 0 Å². The van der Waals surface area contributed by atoms with Crippen molar-refractivity contribution in [2.45, 2.75) is 44.2 Å². The van der Waals surface area contributed by atoms with Crippen molar-refractivity contribution in [1.82, 2.24) is 15.6 Å². The largest absolute Gasteiger partial charge is 0.346 e. The highest BCUT2D eigenvalue weighted by atomic mass is 79.9. The van der Waals surface area contributed by atoms with Crippen molar-refractivity contribution < 1.29 is 4.79 Å². The number of aryl methyl sites for hydroxylation is 1. The summed E-state index contributed by atoms with van der Waals surface area (Å²) in [6, 6.07) is 4.01. The molecule has 2 fully saturated rings. The molecule has 1 aliphatic heterocycles. The summed E-state index contributed by atoms with van der Waals surface area (Å²) < 4.78 is 0.754. The van der Waals surface area contributed by atoms with Gasteiger partial charge in [-0.15, -0.1) is 0 Å². The monoisotopic (exact) mass is 323 g/mol. The van der Waals surface area contributed by atoms with Crippen LogP contribution in [-0.4, -0.2) is 29.0 Å². The molecule has 2 N–H and O–H groups in total. The molecule has 2 aliphatic rings. The maximum Gasteiger partial charge on any atom is 0.271 e. The van der Waals surface area contributed by atoms with Crippen molar-refractivity contribution in [2.75, 3.05) is 6.54 Å². The second kappa shape index (κ2) is 4.87. The minimum atomic E-state index is -0.0736. The van der Waals surface area contributed by atoms with Gasteiger partial charge in [-0.25, -0.2) is 4.98 Å². The van der Waals surface area contributed by atoms with E-state index < -0.39 is 0 Å². The minimum absolute atomic E-state index is 0.0736. The number of amides is 1. The van der Waals surface area contributed by atoms with E-state index in [9.17, 15) is 4.79 Å². The third kappa shape index (κ3) is 2.30. The number of rotatable bonds is 2. The molecule has 0 radical (unpaired) electrons. The zero-order chi connectivity index (χ0) is 13.5. The van der Waals surface area contributed by atoms with E-state index in [1.165, 1.54) is 19.3 Å². The Morgan fingerprint density at radius 3 is 3.00 bits per heavy atom. The van der Waals surface area contributed by atoms with Crippen molar-refractivity contribution in [2.24, 2.45) is 0 Å². The summed E-state index contributed by atoms with van der Waals surface area (Å²) in [5.74, 6) is -0.0736. The Kier molecular flexibility index (Phi) is 3.35. The molecule has 5 heteroatoms. The molecular weight excluding hydrogens is 306 g/mol. The fourth-order valence-corrected chi connectivity index (χ4v) is 3.48. The van der Waals surface area contributed by atoms with E-state index in [0.717, 1.165) is 23.1 Å². The normalized spacial score (nSPS) is 24.2. The number of halogens is 1. The third-order valence-electron chi connectivity index (χ3n) is 4.33. The standard InChI is InChI=1S/C14H18BrN3O/c1-9-3-4-10(15)12(17-9)13(19)18-11-5-8-16-14(11)6-2-7-14/h3-4,11,16H,2,5-8H2,1H3,(H,18,19). The molecule has 1 aromatic heterocycles. The van der Waals surface area contributed by atoms with E-state index in [2.05, 4.69) is 31.5 Å². The molecule has 3 rings (SSSR count). The Bertz CT molecular complexity index is 513. The van der Waals surface area contributed by atoms with Crippen LogP contribution in [0, 0.1) is 6.92 Å². The quantitative estimate of drug-likeness (QED) is 0.877. The fourth-order valence-electron chi connectivity index (χ4n) is 3.08. The molecule has 1 amide bonds. The molecule has 1 aromatic rings. The Morgan fingerprint density at radius 1 is 1.53 bits per heavy atom. The van der Waals surface area contributed by atoms with Gasteiger partial charge in [0.05, 0.1) is 0 Å². The number of hydrogen-bond donors (Lipinski definition) is 2. The molecule has 0 bridgehead atoms. The van der Waals surface area contributed by atoms with Gasteiger partial charge in [0.25, 0.3) is 5.91 Å². The molecule has 2 heterocycles. The van der Waals surface area contributed by atoms with Gasteiger partial charge in [-0.3, -0.25) is 4.79 Å². The summed E-state index contributed by atoms with van der Waals surface area (Å²) in [6.45, 7) is 2.89. The van der Waals surface area contributed by atoms with E-state index in [1.807, 2.05) is 19.1 Å². The van der Waals surface area contributed by atoms with E-state index in [1.54, 1.807) is 0 Å². The van der Waals surface area contributed by atoms with Crippen LogP contribution in [-0.2, 0) is 0 Å². The molecule has 19 heavy (non-hydrogen) atoms. The Hall–Kier alpha value is -0.940. The number of hydrogen-bond acceptors (Lipinski definition) is 3. The zero-order valence-corrected chi connectivity index (χ0v) is 12.6. The van der Waals surface area contributed by atoms with Crippen molar-refractivity contribution in [3.05, 3.63) is 28.0 Å². The average molecular weight is 324 g/mol. The van der Waals surface area contributed by atoms with Crippen LogP contribution in [0.2, 0.25) is 0 Å². The van der Waals surface area contributed by atoms with E-state index >= 15 is 0 Å². The lowest BCUT2D eigenvalue weighted by Crippen LogP contribution is -2.59. The zero-order valence-electron chi connectivity index (χ0n) is 11.0. The van der Waals surface area contributed by atoms with Gasteiger partial charge in [0, 0.05) is 21.7 Å². The molecule has 102 valence electrons. The maximum atomic E-state index is 12.4. The van der Waals surface area contributed by atoms with E-state index in [0.29, 0.717) is 5.69 Å². The van der Waals surface area contributed by atoms with Gasteiger partial charge in [0.15, 0.2) is 0 Å². The molecule has 1 saturated carbocycles. The average Bonchev–Trinajstić information content (AvgIpc) is 2.75. The molecule has 1 unspecified atom stereocenters. The van der Waals surface area contributed by atoms with E-state index in [4.69, 9.17) is 0 Å². The van der Waals surface area contributed by atoms with Gasteiger partial charge < -0.3 is 10.6 Å². The molecule has 1 saturated heterocycles. The van der Waals surface area contributed by atoms with Gasteiger partial charge in [-0.05, 0) is 67.2 Å². The third-order valence-corrected chi connectivity index (χ3v) is 4.97. The molecular formula is C14H18BrN3O. The fraction of sp³-hybridized carbons (Fsp3) is 0.571. The molecule has 1 spiro atoms. The van der Waals surface area contributed by atoms with Crippen molar-refractivity contribution in [1.29, 1.82) is 0 Å². The first-order valence-corrected chi connectivity index (χ1v) is 7.59. The first kappa shape index (κ1) is 13.1. The highest BCUT2D eigenvalue weighted by molar-refractivity contribution is 9.10. The topological polar surface area (TPSA) is 54.0 Å². The first-order valence-electron chi connectivity index (χ1n) is 6.80. The number of aromatic nitrogens is 1. The number of nitrogens with zero attached hydrogens (tertiary/aromatic N) is 1. The van der Waals surface area contributed by atoms with Crippen LogP contribution in [0.15, 0.2) is 16.6 Å². The summed E-state index contributed by atoms with van der Waals surface area (Å²) >= 11 is 3.40. The van der Waals surface area contributed by atoms with Crippen molar-refractivity contribution in [3.63, 3.8) is 0 Å². The summed E-state index contributed by atoms with van der Waals surface area (Å²) in [5.41, 5.74) is 1.50. The SMILES string of the molecule is Cc1ccc(Br)c(C(=O)NC2CCNC23CCC3)n1. The Balaban J connectivity index is 1.76. The van der Waals surface area contributed by atoms with Crippen molar-refractivity contribution >= 4 is 21.8 Å². The van der Waals surface area contributed by atoms with Gasteiger partial charge in [-0.2, -0.15) is 0 Å². The molecule has 1 atom stereocenters. The second-order valence-electron chi connectivity index (χ2n) is 5.53. The van der Waals surface area contributed by atoms with Crippen LogP contribution in [0.4, 0.5) is 0 Å². The van der Waals surface area contributed by atoms with Gasteiger partial charge in [0.1, 0.15) is 5.69 Å². The Morgan fingerprint density at radius 2 is 2.32 bits per heavy atom. The highest BCUT2D eigenvalue weighted by Crippen LogP contribution is 2.39. The summed E-state index contributed by atoms with van der Waals surface area (Å²) in [5, 5.41) is 6.72. The van der Waals surface area contributed by atoms with Crippen molar-refractivity contribution in [3.8, 4) is 0 Å². The number of pyridine rings is 1. The molecule has 0 aromatic carbocycles. The van der Waals surface area contributed by atoms with Crippen LogP contribution in [0.1, 0.15) is 41.9 Å². The smallest absolute Gasteiger partial charge is 0.271 e. The molecule has 4 nitrogen and oxygen atoms in total. The van der Waals surface area contributed by atoms with Crippen LogP contribution in [0.3, 0.4) is 0 Å². The van der Waals surface area contributed by atoms with Crippen LogP contribution >= 0.6 is 15.9 Å². The number of nitrogens with one attached hydrogen (secondary N) is 2. The number of carbonyl (C=O) groups is 1. The maximum absolute atomic E-state index is 12.4. The van der Waals surface area contributed by atoms with Gasteiger partial charge in [0.2, 0.25) is 0 Å². The highest BCUT2D eigenvalue weighted by Gasteiger charge is 2.47. The lowest BCUT2D eigenvalue weighted by molar-refractivity contribution is 0.0875. The van der Waals surface area contributed by atoms with E-state index in [-0.39, 0.29) is 17.5 Å². The lowest BCUT2D eigenvalue weighted by Gasteiger charge is -2.43. The van der Waals surface area contributed by atoms with Crippen LogP contribution < -0.4 is 10.6 Å². The molecule has 1 aliphatic carbocycles. The Labute approximate surface area is 121 Å².